The molecule has 0 spiro atoms. The van der Waals surface area contributed by atoms with Crippen LogP contribution in [0.3, 0.4) is 0 Å². The number of phenolic OH excluding ortho intramolecular Hbond substituents is 1. The molecular formula is C42H51N7O11. The number of amides is 7. The highest BCUT2D eigenvalue weighted by atomic mass is 16.5. The van der Waals surface area contributed by atoms with Crippen molar-refractivity contribution in [2.75, 3.05) is 28.3 Å². The van der Waals surface area contributed by atoms with Crippen LogP contribution in [0.1, 0.15) is 49.5 Å². The number of methoxy groups -OCH3 is 1. The number of rotatable bonds is 6. The van der Waals surface area contributed by atoms with E-state index in [2.05, 4.69) is 16.0 Å². The summed E-state index contributed by atoms with van der Waals surface area (Å²) in [6.07, 6.45) is -2.52. The number of primary amides is 1. The lowest BCUT2D eigenvalue weighted by Gasteiger charge is -2.38. The van der Waals surface area contributed by atoms with Gasteiger partial charge in [0.1, 0.15) is 53.9 Å². The Bertz CT molecular complexity index is 2110. The second-order valence-corrected chi connectivity index (χ2v) is 15.0. The van der Waals surface area contributed by atoms with E-state index in [0.29, 0.717) is 22.6 Å². The summed E-state index contributed by atoms with van der Waals surface area (Å²) in [6.45, 7) is 2.74. The number of carbonyl (C=O) groups is 7. The Morgan fingerprint density at radius 3 is 2.08 bits per heavy atom. The number of likely N-dealkylation sites (N-methyl/N-ethyl adjacent to an activating group) is 3. The number of nitrogens with two attached hydrogens (primary N) is 1. The molecule has 320 valence electrons. The summed E-state index contributed by atoms with van der Waals surface area (Å²) in [5, 5.41) is 30.3. The summed E-state index contributed by atoms with van der Waals surface area (Å²) in [5.74, 6) is -5.08. The lowest BCUT2D eigenvalue weighted by molar-refractivity contribution is -0.152. The van der Waals surface area contributed by atoms with Crippen molar-refractivity contribution in [3.05, 3.63) is 83.4 Å². The van der Waals surface area contributed by atoms with Gasteiger partial charge in [-0.25, -0.2) is 0 Å². The molecule has 7 atom stereocenters. The predicted molar refractivity (Wildman–Crippen MR) is 215 cm³/mol. The number of aliphatic hydroxyl groups is 1. The van der Waals surface area contributed by atoms with Crippen molar-refractivity contribution in [1.29, 1.82) is 0 Å². The molecule has 3 aliphatic heterocycles. The maximum absolute atomic E-state index is 14.7. The largest absolute Gasteiger partial charge is 0.504 e. The molecule has 6 bridgehead atoms. The number of aromatic hydroxyl groups is 1. The molecule has 1 fully saturated rings. The number of nitrogens with zero attached hydrogens (tertiary/aromatic N) is 3. The molecule has 7 amide bonds. The van der Waals surface area contributed by atoms with E-state index in [1.54, 1.807) is 48.5 Å². The minimum absolute atomic E-state index is 0.0460. The van der Waals surface area contributed by atoms with Crippen LogP contribution in [0.25, 0.3) is 0 Å². The third-order valence-electron chi connectivity index (χ3n) is 10.8. The highest BCUT2D eigenvalue weighted by Crippen LogP contribution is 2.35. The van der Waals surface area contributed by atoms with Crippen molar-refractivity contribution in [3.63, 3.8) is 0 Å². The molecule has 6 rings (SSSR count). The van der Waals surface area contributed by atoms with Crippen molar-refractivity contribution in [1.82, 2.24) is 30.7 Å². The maximum Gasteiger partial charge on any atom is 0.246 e. The summed E-state index contributed by atoms with van der Waals surface area (Å²) < 4.78 is 11.2. The first-order valence-electron chi connectivity index (χ1n) is 19.3. The second-order valence-electron chi connectivity index (χ2n) is 15.0. The number of fused-ring (bicyclic) bond motifs is 2. The van der Waals surface area contributed by atoms with E-state index in [1.807, 2.05) is 0 Å². The van der Waals surface area contributed by atoms with Gasteiger partial charge in [-0.15, -0.1) is 0 Å². The van der Waals surface area contributed by atoms with Gasteiger partial charge in [0.15, 0.2) is 11.5 Å². The van der Waals surface area contributed by atoms with Crippen LogP contribution in [0.4, 0.5) is 0 Å². The summed E-state index contributed by atoms with van der Waals surface area (Å²) in [4.78, 5) is 101. The average molecular weight is 830 g/mol. The van der Waals surface area contributed by atoms with Gasteiger partial charge in [-0.3, -0.25) is 33.6 Å². The van der Waals surface area contributed by atoms with E-state index in [-0.39, 0.29) is 42.7 Å². The zero-order valence-corrected chi connectivity index (χ0v) is 34.2. The fraction of sp³-hybridized carbons (Fsp3) is 0.405. The minimum Gasteiger partial charge on any atom is -0.504 e. The Morgan fingerprint density at radius 2 is 1.45 bits per heavy atom. The normalized spacial score (nSPS) is 24.7. The number of aliphatic hydroxyl groups excluding tert-OH is 1. The lowest BCUT2D eigenvalue weighted by Crippen LogP contribution is -2.62. The van der Waals surface area contributed by atoms with E-state index in [0.717, 1.165) is 14.7 Å². The van der Waals surface area contributed by atoms with Crippen LogP contribution >= 0.6 is 0 Å². The molecule has 18 heteroatoms. The molecule has 0 radical (unpaired) electrons. The third kappa shape index (κ3) is 10.1. The van der Waals surface area contributed by atoms with Gasteiger partial charge >= 0.3 is 0 Å². The first-order chi connectivity index (χ1) is 28.4. The second kappa shape index (κ2) is 18.9. The first-order valence-corrected chi connectivity index (χ1v) is 19.3. The number of hydrogen-bond donors (Lipinski definition) is 6. The first kappa shape index (κ1) is 44.4. The van der Waals surface area contributed by atoms with Crippen LogP contribution in [0.15, 0.2) is 66.7 Å². The molecule has 3 aromatic carbocycles. The third-order valence-corrected chi connectivity index (χ3v) is 10.8. The highest BCUT2D eigenvalue weighted by molar-refractivity contribution is 5.98. The fourth-order valence-corrected chi connectivity index (χ4v) is 7.14. The van der Waals surface area contributed by atoms with Gasteiger partial charge in [0.05, 0.1) is 7.11 Å². The Kier molecular flexibility index (Phi) is 14.0. The molecule has 0 aromatic heterocycles. The summed E-state index contributed by atoms with van der Waals surface area (Å²) >= 11 is 0. The molecule has 60 heavy (non-hydrogen) atoms. The molecule has 0 unspecified atom stereocenters. The highest BCUT2D eigenvalue weighted by Gasteiger charge is 2.42. The van der Waals surface area contributed by atoms with Crippen molar-refractivity contribution in [3.8, 4) is 23.0 Å². The van der Waals surface area contributed by atoms with Crippen molar-refractivity contribution >= 4 is 41.4 Å². The Balaban J connectivity index is 1.62. The van der Waals surface area contributed by atoms with Crippen LogP contribution in [0.5, 0.6) is 23.0 Å². The Labute approximate surface area is 347 Å². The Morgan fingerprint density at radius 1 is 0.800 bits per heavy atom. The van der Waals surface area contributed by atoms with E-state index >= 15 is 0 Å². The molecule has 3 aromatic rings. The molecule has 3 heterocycles. The van der Waals surface area contributed by atoms with Gasteiger partial charge in [-0.2, -0.15) is 0 Å². The van der Waals surface area contributed by atoms with Crippen LogP contribution in [0.2, 0.25) is 0 Å². The number of ether oxygens (including phenoxy) is 2. The van der Waals surface area contributed by atoms with Crippen LogP contribution in [0, 0.1) is 0 Å². The average Bonchev–Trinajstić information content (AvgIpc) is 3.22. The summed E-state index contributed by atoms with van der Waals surface area (Å²) in [6, 6.07) is 8.78. The SMILES string of the molecule is COc1ccc(C[C@H]2C(=O)N[C@@H](C)C(=O)N(C)[C@H]3Cc4ccc(cc4)Oc4cc(ccc4O)[C@H](O)[C@@H](C(=O)N[C@H](C)C(=O)N[C@@H](CCC(N)=O)C(=O)N2C)N(C)C3=O)cc1. The van der Waals surface area contributed by atoms with E-state index in [4.69, 9.17) is 15.2 Å². The monoisotopic (exact) mass is 829 g/mol. The standard InChI is InChI=1S/C42H51N7O11/c1-22-37(53)46-29(16-18-34(43)51)41(57)47(3)30(19-24-7-12-27(59-6)13-8-24)38(54)45-23(2)40(56)48(4)31-20-25-9-14-28(15-10-25)60-33-21-26(11-17-32(33)50)36(52)35(39(55)44-22)49(5)42(31)58/h7-15,17,21-23,29-31,35-36,50,52H,16,18-20H2,1-6H3,(H2,43,51)(H,44,55)(H,45,54)(H,46,53)/t22-,23+,29+,30+,31+,35+,36+/m1/s1. The molecule has 0 aliphatic carbocycles. The van der Waals surface area contributed by atoms with Gasteiger partial charge in [-0.1, -0.05) is 30.3 Å². The molecule has 18 nitrogen and oxygen atoms in total. The molecule has 1 saturated heterocycles. The van der Waals surface area contributed by atoms with Crippen molar-refractivity contribution in [2.24, 2.45) is 5.73 Å². The van der Waals surface area contributed by atoms with Crippen molar-refractivity contribution < 1.29 is 53.2 Å². The molecule has 7 N–H and O–H groups in total. The van der Waals surface area contributed by atoms with E-state index in [1.165, 1.54) is 60.3 Å². The number of benzene rings is 3. The molecule has 0 saturated carbocycles. The zero-order chi connectivity index (χ0) is 44.0. The van der Waals surface area contributed by atoms with Gasteiger partial charge < -0.3 is 56.1 Å². The topological polar surface area (TPSA) is 250 Å². The zero-order valence-electron chi connectivity index (χ0n) is 34.2. The summed E-state index contributed by atoms with van der Waals surface area (Å²) in [7, 11) is 5.48. The predicted octanol–water partition coefficient (Wildman–Crippen LogP) is 0.280. The van der Waals surface area contributed by atoms with E-state index < -0.39 is 83.7 Å². The minimum atomic E-state index is -1.78. The molecular weight excluding hydrogens is 778 g/mol. The number of carbonyl (C=O) groups excluding carboxylic acids is 7. The van der Waals surface area contributed by atoms with Gasteiger partial charge in [-0.05, 0) is 73.4 Å². The van der Waals surface area contributed by atoms with Gasteiger partial charge in [0.25, 0.3) is 0 Å². The smallest absolute Gasteiger partial charge is 0.246 e. The maximum atomic E-state index is 14.7. The quantitative estimate of drug-likeness (QED) is 0.197. The van der Waals surface area contributed by atoms with Gasteiger partial charge in [0.2, 0.25) is 41.4 Å². The molecule has 3 aliphatic rings. The fourth-order valence-electron chi connectivity index (χ4n) is 7.14. The summed E-state index contributed by atoms with van der Waals surface area (Å²) in [5.41, 5.74) is 6.66. The number of nitrogens with one attached hydrogen (secondary N) is 3. The van der Waals surface area contributed by atoms with Gasteiger partial charge in [0, 0.05) is 40.4 Å². The van der Waals surface area contributed by atoms with Crippen LogP contribution in [-0.2, 0) is 46.4 Å². The number of hydrogen-bond acceptors (Lipinski definition) is 11. The van der Waals surface area contributed by atoms with E-state index in [9.17, 15) is 43.8 Å². The van der Waals surface area contributed by atoms with Crippen LogP contribution in [-0.4, -0.2) is 131 Å². The lowest BCUT2D eigenvalue weighted by atomic mass is 9.96. The Hall–Kier alpha value is -6.69. The van der Waals surface area contributed by atoms with Crippen LogP contribution < -0.4 is 31.2 Å². The van der Waals surface area contributed by atoms with Crippen molar-refractivity contribution in [2.45, 2.75) is 81.9 Å². The number of phenols is 1.